The van der Waals surface area contributed by atoms with Crippen molar-refractivity contribution >= 4 is 48.4 Å². The summed E-state index contributed by atoms with van der Waals surface area (Å²) in [5, 5.41) is 3.18. The first-order valence-electron chi connectivity index (χ1n) is 9.48. The van der Waals surface area contributed by atoms with E-state index in [9.17, 15) is 4.79 Å². The fraction of sp³-hybridized carbons (Fsp3) is 0.125. The number of thiophene rings is 1. The maximum atomic E-state index is 12.7. The molecule has 0 unspecified atom stereocenters. The fourth-order valence-electron chi connectivity index (χ4n) is 3.89. The number of carbonyl (C=O) groups excluding carboxylic acids is 1. The molecule has 5 heteroatoms. The molecule has 5 aromatic rings. The van der Waals surface area contributed by atoms with Crippen LogP contribution in [0.15, 0.2) is 60.8 Å². The summed E-state index contributed by atoms with van der Waals surface area (Å²) >= 11 is 1.74. The Morgan fingerprint density at radius 1 is 1.03 bits per heavy atom. The maximum absolute atomic E-state index is 12.7. The van der Waals surface area contributed by atoms with Crippen LogP contribution in [0.1, 0.15) is 17.3 Å². The molecule has 5 rings (SSSR count). The summed E-state index contributed by atoms with van der Waals surface area (Å²) in [6, 6.07) is 18.5. The molecule has 1 N–H and O–H groups in total. The molecule has 2 heterocycles. The molecule has 144 valence electrons. The van der Waals surface area contributed by atoms with Gasteiger partial charge in [-0.25, -0.2) is 4.79 Å². The van der Waals surface area contributed by atoms with Crippen LogP contribution in [-0.4, -0.2) is 24.7 Å². The number of methoxy groups -OCH3 is 1. The zero-order chi connectivity index (χ0) is 20.0. The van der Waals surface area contributed by atoms with Gasteiger partial charge in [-0.2, -0.15) is 0 Å². The number of hydrogen-bond donors (Lipinski definition) is 1. The van der Waals surface area contributed by atoms with Crippen molar-refractivity contribution in [1.82, 2.24) is 4.98 Å². The molecular formula is C24H19NO3S. The number of hydrogen-bond acceptors (Lipinski definition) is 4. The van der Waals surface area contributed by atoms with Gasteiger partial charge in [0, 0.05) is 37.3 Å². The normalized spacial score (nSPS) is 11.4. The Hall–Kier alpha value is -3.31. The lowest BCUT2D eigenvalue weighted by Crippen LogP contribution is -2.03. The summed E-state index contributed by atoms with van der Waals surface area (Å²) in [6.07, 6.45) is 1.77. The number of aromatic nitrogens is 1. The summed E-state index contributed by atoms with van der Waals surface area (Å²) in [6.45, 7) is 2.17. The zero-order valence-electron chi connectivity index (χ0n) is 16.1. The third-order valence-electron chi connectivity index (χ3n) is 5.19. The first-order valence-corrected chi connectivity index (χ1v) is 10.3. The first kappa shape index (κ1) is 17.8. The molecule has 4 nitrogen and oxygen atoms in total. The van der Waals surface area contributed by atoms with E-state index in [0.29, 0.717) is 12.2 Å². The highest BCUT2D eigenvalue weighted by Gasteiger charge is 2.21. The smallest absolute Gasteiger partial charge is 0.340 e. The van der Waals surface area contributed by atoms with Crippen LogP contribution in [0.5, 0.6) is 5.75 Å². The lowest BCUT2D eigenvalue weighted by Gasteiger charge is -2.08. The molecule has 0 radical (unpaired) electrons. The lowest BCUT2D eigenvalue weighted by atomic mass is 9.98. The Morgan fingerprint density at radius 3 is 2.59 bits per heavy atom. The number of carbonyl (C=O) groups is 1. The quantitative estimate of drug-likeness (QED) is 0.355. The van der Waals surface area contributed by atoms with Crippen molar-refractivity contribution in [3.63, 3.8) is 0 Å². The van der Waals surface area contributed by atoms with Crippen LogP contribution in [0.25, 0.3) is 42.2 Å². The second kappa shape index (κ2) is 6.94. The highest BCUT2D eigenvalue weighted by atomic mass is 32.1. The maximum Gasteiger partial charge on any atom is 0.340 e. The number of H-pyrrole nitrogens is 1. The van der Waals surface area contributed by atoms with Crippen LogP contribution in [-0.2, 0) is 4.74 Å². The van der Waals surface area contributed by atoms with Gasteiger partial charge in [-0.15, -0.1) is 11.3 Å². The van der Waals surface area contributed by atoms with Crippen molar-refractivity contribution in [2.75, 3.05) is 13.7 Å². The Balaban J connectivity index is 1.88. The van der Waals surface area contributed by atoms with E-state index in [1.807, 2.05) is 43.3 Å². The summed E-state index contributed by atoms with van der Waals surface area (Å²) < 4.78 is 13.0. The molecule has 0 aliphatic rings. The number of aromatic amines is 1. The molecular weight excluding hydrogens is 382 g/mol. The molecule has 0 amide bonds. The van der Waals surface area contributed by atoms with Gasteiger partial charge in [-0.1, -0.05) is 30.3 Å². The largest absolute Gasteiger partial charge is 0.497 e. The van der Waals surface area contributed by atoms with Gasteiger partial charge in [0.15, 0.2) is 0 Å². The van der Waals surface area contributed by atoms with E-state index < -0.39 is 0 Å². The predicted octanol–water partition coefficient (Wildman–Crippen LogP) is 6.39. The molecule has 0 saturated carbocycles. The standard InChI is InChI=1S/C24H19NO3S/c1-3-28-24(26)18-13-25-23-17(14-8-10-15(27-2)11-9-14)12-20-21(22(18)23)16-6-4-5-7-19(16)29-20/h4-13,25H,3H2,1-2H3. The average Bonchev–Trinajstić information content (AvgIpc) is 3.34. The highest BCUT2D eigenvalue weighted by Crippen LogP contribution is 2.43. The van der Waals surface area contributed by atoms with Crippen LogP contribution in [0, 0.1) is 0 Å². The van der Waals surface area contributed by atoms with E-state index in [0.717, 1.165) is 43.3 Å². The van der Waals surface area contributed by atoms with Crippen molar-refractivity contribution in [2.24, 2.45) is 0 Å². The van der Waals surface area contributed by atoms with Crippen LogP contribution in [0.4, 0.5) is 0 Å². The molecule has 0 fully saturated rings. The van der Waals surface area contributed by atoms with Gasteiger partial charge in [0.1, 0.15) is 5.75 Å². The van der Waals surface area contributed by atoms with Crippen molar-refractivity contribution in [3.8, 4) is 16.9 Å². The number of benzene rings is 3. The zero-order valence-corrected chi connectivity index (χ0v) is 16.9. The van der Waals surface area contributed by atoms with E-state index in [1.54, 1.807) is 24.6 Å². The highest BCUT2D eigenvalue weighted by molar-refractivity contribution is 7.26. The van der Waals surface area contributed by atoms with Crippen LogP contribution >= 0.6 is 11.3 Å². The van der Waals surface area contributed by atoms with Crippen LogP contribution in [0.3, 0.4) is 0 Å². The van der Waals surface area contributed by atoms with Crippen molar-refractivity contribution in [2.45, 2.75) is 6.92 Å². The molecule has 0 aliphatic heterocycles. The van der Waals surface area contributed by atoms with Crippen LogP contribution < -0.4 is 4.74 Å². The monoisotopic (exact) mass is 401 g/mol. The van der Waals surface area contributed by atoms with Crippen molar-refractivity contribution < 1.29 is 14.3 Å². The minimum absolute atomic E-state index is 0.304. The van der Waals surface area contributed by atoms with E-state index in [-0.39, 0.29) is 5.97 Å². The summed E-state index contributed by atoms with van der Waals surface area (Å²) in [5.41, 5.74) is 3.63. The van der Waals surface area contributed by atoms with E-state index in [1.165, 1.54) is 4.70 Å². The third kappa shape index (κ3) is 2.77. The summed E-state index contributed by atoms with van der Waals surface area (Å²) in [4.78, 5) is 16.0. The summed E-state index contributed by atoms with van der Waals surface area (Å²) in [5.74, 6) is 0.508. The Labute approximate surface area is 171 Å². The number of rotatable bonds is 4. The number of esters is 1. The number of ether oxygens (including phenoxy) is 2. The first-order chi connectivity index (χ1) is 14.2. The van der Waals surface area contributed by atoms with Crippen LogP contribution in [0.2, 0.25) is 0 Å². The molecule has 0 saturated heterocycles. The molecule has 0 spiro atoms. The van der Waals surface area contributed by atoms with Gasteiger partial charge in [-0.05, 0) is 36.8 Å². The van der Waals surface area contributed by atoms with Gasteiger partial charge < -0.3 is 14.5 Å². The Bertz CT molecular complexity index is 1360. The van der Waals surface area contributed by atoms with Gasteiger partial charge in [0.2, 0.25) is 0 Å². The van der Waals surface area contributed by atoms with E-state index in [2.05, 4.69) is 23.2 Å². The predicted molar refractivity (Wildman–Crippen MR) is 119 cm³/mol. The molecule has 0 aliphatic carbocycles. The molecule has 0 bridgehead atoms. The molecule has 0 atom stereocenters. The van der Waals surface area contributed by atoms with E-state index in [4.69, 9.17) is 9.47 Å². The Kier molecular flexibility index (Phi) is 4.25. The Morgan fingerprint density at radius 2 is 1.83 bits per heavy atom. The topological polar surface area (TPSA) is 51.3 Å². The summed E-state index contributed by atoms with van der Waals surface area (Å²) in [7, 11) is 1.66. The SMILES string of the molecule is CCOC(=O)c1c[nH]c2c(-c3ccc(OC)cc3)cc3sc4ccccc4c3c12. The third-order valence-corrected chi connectivity index (χ3v) is 6.31. The fourth-order valence-corrected chi connectivity index (χ4v) is 5.05. The number of nitrogens with one attached hydrogen (secondary N) is 1. The second-order valence-corrected chi connectivity index (χ2v) is 7.88. The second-order valence-electron chi connectivity index (χ2n) is 6.80. The number of fused-ring (bicyclic) bond motifs is 5. The van der Waals surface area contributed by atoms with Gasteiger partial charge >= 0.3 is 5.97 Å². The molecule has 3 aromatic carbocycles. The average molecular weight is 401 g/mol. The van der Waals surface area contributed by atoms with Gasteiger partial charge in [-0.3, -0.25) is 0 Å². The minimum Gasteiger partial charge on any atom is -0.497 e. The van der Waals surface area contributed by atoms with Crippen molar-refractivity contribution in [3.05, 3.63) is 66.4 Å². The van der Waals surface area contributed by atoms with Gasteiger partial charge in [0.05, 0.1) is 24.8 Å². The van der Waals surface area contributed by atoms with E-state index >= 15 is 0 Å². The lowest BCUT2D eigenvalue weighted by molar-refractivity contribution is 0.0529. The van der Waals surface area contributed by atoms with Crippen molar-refractivity contribution in [1.29, 1.82) is 0 Å². The van der Waals surface area contributed by atoms with Gasteiger partial charge in [0.25, 0.3) is 0 Å². The molecule has 2 aromatic heterocycles. The minimum atomic E-state index is -0.304. The molecule has 29 heavy (non-hydrogen) atoms.